The molecule has 3 rings (SSSR count). The molecule has 24 heavy (non-hydrogen) atoms. The van der Waals surface area contributed by atoms with Crippen molar-refractivity contribution in [3.63, 3.8) is 0 Å². The van der Waals surface area contributed by atoms with Gasteiger partial charge in [0, 0.05) is 32.7 Å². The Hall–Kier alpha value is -1.30. The smallest absolute Gasteiger partial charge is 0.320 e. The number of hydrogen-bond donors (Lipinski definition) is 2. The van der Waals surface area contributed by atoms with Gasteiger partial charge in [-0.25, -0.2) is 4.79 Å². The second-order valence-corrected chi connectivity index (χ2v) is 7.80. The van der Waals surface area contributed by atoms with Gasteiger partial charge in [0.15, 0.2) is 0 Å². The van der Waals surface area contributed by atoms with Gasteiger partial charge in [-0.2, -0.15) is 0 Å². The fourth-order valence-electron chi connectivity index (χ4n) is 4.08. The van der Waals surface area contributed by atoms with E-state index >= 15 is 0 Å². The van der Waals surface area contributed by atoms with Crippen LogP contribution in [0.1, 0.15) is 45.4 Å². The van der Waals surface area contributed by atoms with Crippen molar-refractivity contribution in [3.05, 3.63) is 0 Å². The lowest BCUT2D eigenvalue weighted by molar-refractivity contribution is -0.123. The second-order valence-electron chi connectivity index (χ2n) is 7.80. The zero-order valence-corrected chi connectivity index (χ0v) is 14.9. The summed E-state index contributed by atoms with van der Waals surface area (Å²) in [5.41, 5.74) is 0. The highest BCUT2D eigenvalue weighted by Crippen LogP contribution is 2.21. The molecule has 2 atom stereocenters. The van der Waals surface area contributed by atoms with Crippen LogP contribution in [0.3, 0.4) is 0 Å². The summed E-state index contributed by atoms with van der Waals surface area (Å²) >= 11 is 0. The van der Waals surface area contributed by atoms with Crippen molar-refractivity contribution in [3.8, 4) is 0 Å². The minimum Gasteiger partial charge on any atom is -0.354 e. The molecule has 6 nitrogen and oxygen atoms in total. The van der Waals surface area contributed by atoms with Crippen LogP contribution in [-0.2, 0) is 4.79 Å². The molecule has 3 saturated heterocycles. The summed E-state index contributed by atoms with van der Waals surface area (Å²) < 4.78 is 0. The van der Waals surface area contributed by atoms with Gasteiger partial charge in [0.05, 0.1) is 6.04 Å². The summed E-state index contributed by atoms with van der Waals surface area (Å²) in [6.45, 7) is 7.33. The van der Waals surface area contributed by atoms with Gasteiger partial charge in [-0.3, -0.25) is 4.79 Å². The summed E-state index contributed by atoms with van der Waals surface area (Å²) in [6.07, 6.45) is 6.39. The highest BCUT2D eigenvalue weighted by molar-refractivity contribution is 5.82. The summed E-state index contributed by atoms with van der Waals surface area (Å²) in [5, 5.41) is 6.32. The van der Waals surface area contributed by atoms with Gasteiger partial charge < -0.3 is 20.4 Å². The molecule has 3 amide bonds. The van der Waals surface area contributed by atoms with E-state index in [4.69, 9.17) is 0 Å². The van der Waals surface area contributed by atoms with Gasteiger partial charge in [0.25, 0.3) is 0 Å². The molecular weight excluding hydrogens is 304 g/mol. The van der Waals surface area contributed by atoms with Gasteiger partial charge in [-0.05, 0) is 56.9 Å². The molecular formula is C18H32N4O2. The lowest BCUT2D eigenvalue weighted by atomic mass is 9.97. The Morgan fingerprint density at radius 1 is 1.04 bits per heavy atom. The molecule has 3 aliphatic rings. The molecule has 6 heteroatoms. The molecule has 0 spiro atoms. The van der Waals surface area contributed by atoms with Crippen molar-refractivity contribution in [2.45, 2.75) is 51.5 Å². The molecule has 0 bridgehead atoms. The predicted molar refractivity (Wildman–Crippen MR) is 93.7 cm³/mol. The molecule has 3 heterocycles. The molecule has 3 aliphatic heterocycles. The number of nitrogens with zero attached hydrogens (tertiary/aromatic N) is 2. The van der Waals surface area contributed by atoms with Crippen LogP contribution in [0, 0.1) is 11.8 Å². The molecule has 0 aliphatic carbocycles. The third kappa shape index (κ3) is 4.41. The van der Waals surface area contributed by atoms with Gasteiger partial charge >= 0.3 is 6.03 Å². The van der Waals surface area contributed by atoms with Crippen molar-refractivity contribution in [1.82, 2.24) is 20.4 Å². The molecule has 0 aromatic carbocycles. The highest BCUT2D eigenvalue weighted by Gasteiger charge is 2.29. The first-order valence-corrected chi connectivity index (χ1v) is 9.68. The standard InChI is InChI=1S/C18H32N4O2/c1-14-6-10-21(11-7-14)18(24)22-9-3-4-15(13-22)12-20-17(23)16-5-2-8-19-16/h14-16,19H,2-13H2,1H3,(H,20,23). The molecule has 3 fully saturated rings. The zero-order valence-electron chi connectivity index (χ0n) is 14.9. The van der Waals surface area contributed by atoms with Crippen LogP contribution in [0.4, 0.5) is 4.79 Å². The Kier molecular flexibility index (Phi) is 5.98. The molecule has 0 aromatic rings. The van der Waals surface area contributed by atoms with Crippen LogP contribution in [0.15, 0.2) is 0 Å². The average molecular weight is 336 g/mol. The van der Waals surface area contributed by atoms with E-state index in [1.54, 1.807) is 0 Å². The molecule has 2 unspecified atom stereocenters. The lowest BCUT2D eigenvalue weighted by Crippen LogP contribution is -2.51. The van der Waals surface area contributed by atoms with Crippen molar-refractivity contribution in [2.75, 3.05) is 39.3 Å². The number of likely N-dealkylation sites (tertiary alicyclic amines) is 2. The van der Waals surface area contributed by atoms with Crippen LogP contribution in [0.25, 0.3) is 0 Å². The van der Waals surface area contributed by atoms with E-state index < -0.39 is 0 Å². The predicted octanol–water partition coefficient (Wildman–Crippen LogP) is 1.42. The SMILES string of the molecule is CC1CCN(C(=O)N2CCCC(CNC(=O)C3CCCN3)C2)CC1. The number of amides is 3. The lowest BCUT2D eigenvalue weighted by Gasteiger charge is -2.38. The van der Waals surface area contributed by atoms with Gasteiger partial charge in [-0.1, -0.05) is 6.92 Å². The molecule has 0 saturated carbocycles. The molecule has 0 aromatic heterocycles. The normalized spacial score (nSPS) is 28.9. The van der Waals surface area contributed by atoms with Gasteiger partial charge in [0.2, 0.25) is 5.91 Å². The first-order valence-electron chi connectivity index (χ1n) is 9.68. The number of nitrogens with one attached hydrogen (secondary N) is 2. The largest absolute Gasteiger partial charge is 0.354 e. The van der Waals surface area contributed by atoms with Crippen LogP contribution < -0.4 is 10.6 Å². The van der Waals surface area contributed by atoms with E-state index in [1.807, 2.05) is 9.80 Å². The Morgan fingerprint density at radius 2 is 1.83 bits per heavy atom. The first kappa shape index (κ1) is 17.5. The minimum atomic E-state index is -0.0123. The highest BCUT2D eigenvalue weighted by atomic mass is 16.2. The number of urea groups is 1. The average Bonchev–Trinajstić information content (AvgIpc) is 3.15. The van der Waals surface area contributed by atoms with E-state index in [2.05, 4.69) is 17.6 Å². The van der Waals surface area contributed by atoms with Gasteiger partial charge in [-0.15, -0.1) is 0 Å². The monoisotopic (exact) mass is 336 g/mol. The van der Waals surface area contributed by atoms with Crippen molar-refractivity contribution in [2.24, 2.45) is 11.8 Å². The Balaban J connectivity index is 1.43. The van der Waals surface area contributed by atoms with Gasteiger partial charge in [0.1, 0.15) is 0 Å². The maximum absolute atomic E-state index is 12.7. The fourth-order valence-corrected chi connectivity index (χ4v) is 4.08. The maximum Gasteiger partial charge on any atom is 0.320 e. The Morgan fingerprint density at radius 3 is 2.54 bits per heavy atom. The third-order valence-electron chi connectivity index (χ3n) is 5.79. The van der Waals surface area contributed by atoms with E-state index in [9.17, 15) is 9.59 Å². The number of piperidine rings is 2. The summed E-state index contributed by atoms with van der Waals surface area (Å²) in [6, 6.07) is 0.192. The second kappa shape index (κ2) is 8.19. The maximum atomic E-state index is 12.7. The molecule has 0 radical (unpaired) electrons. The van der Waals surface area contributed by atoms with Crippen LogP contribution in [0.5, 0.6) is 0 Å². The molecule has 136 valence electrons. The number of carbonyl (C=O) groups excluding carboxylic acids is 2. The minimum absolute atomic E-state index is 0.0123. The van der Waals surface area contributed by atoms with E-state index in [1.165, 1.54) is 0 Å². The Bertz CT molecular complexity index is 442. The Labute approximate surface area is 145 Å². The quantitative estimate of drug-likeness (QED) is 0.819. The van der Waals surface area contributed by atoms with Crippen LogP contribution >= 0.6 is 0 Å². The van der Waals surface area contributed by atoms with Crippen molar-refractivity contribution >= 4 is 11.9 Å². The van der Waals surface area contributed by atoms with E-state index in [0.29, 0.717) is 12.5 Å². The van der Waals surface area contributed by atoms with Crippen LogP contribution in [0.2, 0.25) is 0 Å². The number of rotatable bonds is 3. The molecule has 2 N–H and O–H groups in total. The topological polar surface area (TPSA) is 64.7 Å². The van der Waals surface area contributed by atoms with Crippen molar-refractivity contribution in [1.29, 1.82) is 0 Å². The van der Waals surface area contributed by atoms with Crippen molar-refractivity contribution < 1.29 is 9.59 Å². The zero-order chi connectivity index (χ0) is 16.9. The van der Waals surface area contributed by atoms with E-state index in [-0.39, 0.29) is 18.0 Å². The summed E-state index contributed by atoms with van der Waals surface area (Å²) in [7, 11) is 0. The third-order valence-corrected chi connectivity index (χ3v) is 5.79. The fraction of sp³-hybridized carbons (Fsp3) is 0.889. The summed E-state index contributed by atoms with van der Waals surface area (Å²) in [4.78, 5) is 28.8. The van der Waals surface area contributed by atoms with Crippen LogP contribution in [-0.4, -0.2) is 67.0 Å². The number of hydrogen-bond acceptors (Lipinski definition) is 3. The number of carbonyl (C=O) groups is 2. The summed E-state index contributed by atoms with van der Waals surface area (Å²) in [5.74, 6) is 1.25. The first-order chi connectivity index (χ1) is 11.6. The van der Waals surface area contributed by atoms with E-state index in [0.717, 1.165) is 77.2 Å².